The van der Waals surface area contributed by atoms with Crippen molar-refractivity contribution >= 4 is 28.9 Å². The standard InChI is InChI=1S/C15H20ClN3O2/c1-2-11-9-19(8-7-14(11)18-21)10-15(20)17-13-5-3-12(16)4-6-13/h3-6,11,21H,2,7-10H2,1H3,(H,17,20)/b18-14+. The van der Waals surface area contributed by atoms with Gasteiger partial charge in [0.25, 0.3) is 0 Å². The molecule has 1 aliphatic rings. The number of halogens is 1. The normalized spacial score (nSPS) is 21.4. The number of benzene rings is 1. The Labute approximate surface area is 129 Å². The molecule has 0 aromatic heterocycles. The molecular weight excluding hydrogens is 290 g/mol. The Kier molecular flexibility index (Phi) is 5.59. The molecule has 6 heteroatoms. The smallest absolute Gasteiger partial charge is 0.238 e. The average Bonchev–Trinajstić information content (AvgIpc) is 2.49. The van der Waals surface area contributed by atoms with Crippen molar-refractivity contribution in [2.45, 2.75) is 19.8 Å². The van der Waals surface area contributed by atoms with Crippen LogP contribution in [0.4, 0.5) is 5.69 Å². The van der Waals surface area contributed by atoms with Gasteiger partial charge in [0.2, 0.25) is 5.91 Å². The highest BCUT2D eigenvalue weighted by molar-refractivity contribution is 6.30. The summed E-state index contributed by atoms with van der Waals surface area (Å²) in [6.45, 7) is 3.90. The van der Waals surface area contributed by atoms with Crippen LogP contribution in [0.15, 0.2) is 29.4 Å². The second-order valence-corrected chi connectivity index (χ2v) is 5.67. The van der Waals surface area contributed by atoms with Crippen molar-refractivity contribution in [2.75, 3.05) is 25.0 Å². The third-order valence-electron chi connectivity index (χ3n) is 3.75. The van der Waals surface area contributed by atoms with Gasteiger partial charge < -0.3 is 10.5 Å². The topological polar surface area (TPSA) is 64.9 Å². The van der Waals surface area contributed by atoms with Crippen LogP contribution in [0, 0.1) is 5.92 Å². The summed E-state index contributed by atoms with van der Waals surface area (Å²) < 4.78 is 0. The first-order chi connectivity index (χ1) is 10.1. The Hall–Kier alpha value is -1.59. The minimum atomic E-state index is -0.0448. The molecule has 114 valence electrons. The van der Waals surface area contributed by atoms with Gasteiger partial charge in [0.15, 0.2) is 0 Å². The van der Waals surface area contributed by atoms with Crippen molar-refractivity contribution in [1.29, 1.82) is 0 Å². The van der Waals surface area contributed by atoms with E-state index in [4.69, 9.17) is 16.8 Å². The number of carbonyl (C=O) groups excluding carboxylic acids is 1. The number of hydrogen-bond donors (Lipinski definition) is 2. The van der Waals surface area contributed by atoms with Gasteiger partial charge in [-0.2, -0.15) is 0 Å². The predicted molar refractivity (Wildman–Crippen MR) is 84.1 cm³/mol. The van der Waals surface area contributed by atoms with E-state index < -0.39 is 0 Å². The van der Waals surface area contributed by atoms with Crippen molar-refractivity contribution in [3.05, 3.63) is 29.3 Å². The summed E-state index contributed by atoms with van der Waals surface area (Å²) in [6, 6.07) is 7.05. The first kappa shape index (κ1) is 15.8. The maximum atomic E-state index is 12.0. The molecule has 1 aromatic carbocycles. The van der Waals surface area contributed by atoms with E-state index in [0.717, 1.165) is 30.9 Å². The molecule has 1 aliphatic heterocycles. The summed E-state index contributed by atoms with van der Waals surface area (Å²) in [5, 5.41) is 15.8. The molecule has 1 aromatic rings. The molecule has 1 amide bonds. The molecule has 1 fully saturated rings. The average molecular weight is 310 g/mol. The van der Waals surface area contributed by atoms with Crippen LogP contribution in [-0.2, 0) is 4.79 Å². The Bertz CT molecular complexity index is 516. The van der Waals surface area contributed by atoms with Crippen molar-refractivity contribution < 1.29 is 10.0 Å². The Balaban J connectivity index is 1.87. The molecular formula is C15H20ClN3O2. The van der Waals surface area contributed by atoms with Crippen LogP contribution >= 0.6 is 11.6 Å². The largest absolute Gasteiger partial charge is 0.411 e. The fourth-order valence-electron chi connectivity index (χ4n) is 2.56. The van der Waals surface area contributed by atoms with Crippen LogP contribution < -0.4 is 5.32 Å². The third-order valence-corrected chi connectivity index (χ3v) is 4.00. The van der Waals surface area contributed by atoms with E-state index in [9.17, 15) is 4.79 Å². The van der Waals surface area contributed by atoms with Gasteiger partial charge in [-0.25, -0.2) is 0 Å². The number of likely N-dealkylation sites (tertiary alicyclic amines) is 1. The van der Waals surface area contributed by atoms with E-state index >= 15 is 0 Å². The SMILES string of the molecule is CCC1CN(CC(=O)Nc2ccc(Cl)cc2)CC/C1=N\O. The fraction of sp³-hybridized carbons (Fsp3) is 0.467. The Morgan fingerprint density at radius 2 is 2.19 bits per heavy atom. The molecule has 1 saturated heterocycles. The highest BCUT2D eigenvalue weighted by atomic mass is 35.5. The first-order valence-corrected chi connectivity index (χ1v) is 7.48. The summed E-state index contributed by atoms with van der Waals surface area (Å²) in [5.74, 6) is 0.184. The highest BCUT2D eigenvalue weighted by Gasteiger charge is 2.25. The lowest BCUT2D eigenvalue weighted by atomic mass is 9.93. The number of nitrogens with one attached hydrogen (secondary N) is 1. The molecule has 0 aliphatic carbocycles. The highest BCUT2D eigenvalue weighted by Crippen LogP contribution is 2.18. The number of oxime groups is 1. The summed E-state index contributed by atoms with van der Waals surface area (Å²) in [7, 11) is 0. The number of rotatable bonds is 4. The van der Waals surface area contributed by atoms with E-state index in [0.29, 0.717) is 18.0 Å². The summed E-state index contributed by atoms with van der Waals surface area (Å²) in [6.07, 6.45) is 1.62. The maximum Gasteiger partial charge on any atom is 0.238 e. The zero-order valence-electron chi connectivity index (χ0n) is 12.1. The lowest BCUT2D eigenvalue weighted by molar-refractivity contribution is -0.117. The Morgan fingerprint density at radius 1 is 1.48 bits per heavy atom. The van der Waals surface area contributed by atoms with Crippen LogP contribution in [0.25, 0.3) is 0 Å². The van der Waals surface area contributed by atoms with E-state index in [2.05, 4.69) is 22.3 Å². The van der Waals surface area contributed by atoms with Crippen LogP contribution in [0.1, 0.15) is 19.8 Å². The van der Waals surface area contributed by atoms with E-state index in [-0.39, 0.29) is 11.8 Å². The Morgan fingerprint density at radius 3 is 2.81 bits per heavy atom. The van der Waals surface area contributed by atoms with Gasteiger partial charge in [0.1, 0.15) is 0 Å². The molecule has 2 rings (SSSR count). The molecule has 0 radical (unpaired) electrons. The second-order valence-electron chi connectivity index (χ2n) is 5.24. The molecule has 0 bridgehead atoms. The molecule has 1 unspecified atom stereocenters. The monoisotopic (exact) mass is 309 g/mol. The quantitative estimate of drug-likeness (QED) is 0.664. The van der Waals surface area contributed by atoms with Crippen LogP contribution in [0.3, 0.4) is 0 Å². The van der Waals surface area contributed by atoms with E-state index in [1.54, 1.807) is 24.3 Å². The van der Waals surface area contributed by atoms with Crippen molar-refractivity contribution in [2.24, 2.45) is 11.1 Å². The minimum absolute atomic E-state index is 0.0448. The van der Waals surface area contributed by atoms with Crippen molar-refractivity contribution in [3.8, 4) is 0 Å². The van der Waals surface area contributed by atoms with Crippen LogP contribution in [0.5, 0.6) is 0 Å². The third kappa shape index (κ3) is 4.44. The number of carbonyl (C=O) groups is 1. The van der Waals surface area contributed by atoms with Gasteiger partial charge >= 0.3 is 0 Å². The maximum absolute atomic E-state index is 12.0. The molecule has 0 saturated carbocycles. The van der Waals surface area contributed by atoms with E-state index in [1.807, 2.05) is 0 Å². The number of nitrogens with zero attached hydrogens (tertiary/aromatic N) is 2. The lowest BCUT2D eigenvalue weighted by Gasteiger charge is -2.32. The van der Waals surface area contributed by atoms with Crippen molar-refractivity contribution in [1.82, 2.24) is 4.90 Å². The van der Waals surface area contributed by atoms with Gasteiger partial charge in [-0.3, -0.25) is 9.69 Å². The van der Waals surface area contributed by atoms with Crippen LogP contribution in [-0.4, -0.2) is 41.4 Å². The van der Waals surface area contributed by atoms with Gasteiger partial charge in [-0.15, -0.1) is 0 Å². The van der Waals surface area contributed by atoms with E-state index in [1.165, 1.54) is 0 Å². The zero-order valence-corrected chi connectivity index (χ0v) is 12.8. The summed E-state index contributed by atoms with van der Waals surface area (Å²) in [4.78, 5) is 14.1. The zero-order chi connectivity index (χ0) is 15.2. The number of hydrogen-bond acceptors (Lipinski definition) is 4. The number of piperidine rings is 1. The summed E-state index contributed by atoms with van der Waals surface area (Å²) >= 11 is 5.81. The summed E-state index contributed by atoms with van der Waals surface area (Å²) in [5.41, 5.74) is 1.58. The van der Waals surface area contributed by atoms with Gasteiger partial charge in [0.05, 0.1) is 12.3 Å². The molecule has 21 heavy (non-hydrogen) atoms. The minimum Gasteiger partial charge on any atom is -0.411 e. The van der Waals surface area contributed by atoms with Gasteiger partial charge in [0, 0.05) is 36.1 Å². The molecule has 5 nitrogen and oxygen atoms in total. The number of anilines is 1. The molecule has 2 N–H and O–H groups in total. The molecule has 1 heterocycles. The fourth-order valence-corrected chi connectivity index (χ4v) is 2.69. The number of amides is 1. The first-order valence-electron chi connectivity index (χ1n) is 7.11. The lowest BCUT2D eigenvalue weighted by Crippen LogP contribution is -2.44. The predicted octanol–water partition coefficient (Wildman–Crippen LogP) is 2.84. The second kappa shape index (κ2) is 7.43. The molecule has 0 spiro atoms. The van der Waals surface area contributed by atoms with Gasteiger partial charge in [-0.05, 0) is 30.7 Å². The van der Waals surface area contributed by atoms with Gasteiger partial charge in [-0.1, -0.05) is 23.7 Å². The van der Waals surface area contributed by atoms with Crippen LogP contribution in [0.2, 0.25) is 5.02 Å². The van der Waals surface area contributed by atoms with Crippen molar-refractivity contribution in [3.63, 3.8) is 0 Å². The molecule has 1 atom stereocenters.